The summed E-state index contributed by atoms with van der Waals surface area (Å²) >= 11 is 0. The minimum Gasteiger partial charge on any atom is -0.312 e. The van der Waals surface area contributed by atoms with Crippen LogP contribution in [0.3, 0.4) is 0 Å². The van der Waals surface area contributed by atoms with Gasteiger partial charge in [0, 0.05) is 11.6 Å². The third-order valence-electron chi connectivity index (χ3n) is 4.83. The van der Waals surface area contributed by atoms with Gasteiger partial charge in [-0.05, 0) is 39.4 Å². The van der Waals surface area contributed by atoms with Crippen molar-refractivity contribution in [1.82, 2.24) is 10.2 Å². The molecule has 0 amide bonds. The van der Waals surface area contributed by atoms with Gasteiger partial charge in [0.2, 0.25) is 0 Å². The molecule has 2 heteroatoms. The van der Waals surface area contributed by atoms with Crippen LogP contribution in [0, 0.1) is 5.92 Å². The van der Waals surface area contributed by atoms with Crippen LogP contribution in [0.25, 0.3) is 0 Å². The highest BCUT2D eigenvalue weighted by Gasteiger charge is 2.43. The molecule has 0 spiro atoms. The lowest BCUT2D eigenvalue weighted by molar-refractivity contribution is 0.0354. The van der Waals surface area contributed by atoms with E-state index in [9.17, 15) is 0 Å². The lowest BCUT2D eigenvalue weighted by Gasteiger charge is -2.51. The zero-order valence-corrected chi connectivity index (χ0v) is 12.6. The Morgan fingerprint density at radius 3 is 2.12 bits per heavy atom. The molecule has 0 aromatic rings. The van der Waals surface area contributed by atoms with Crippen molar-refractivity contribution in [3.8, 4) is 0 Å². The Morgan fingerprint density at radius 1 is 1.12 bits per heavy atom. The maximum atomic E-state index is 3.78. The zero-order chi connectivity index (χ0) is 12.9. The van der Waals surface area contributed by atoms with E-state index in [2.05, 4.69) is 45.1 Å². The average molecular weight is 240 g/mol. The second-order valence-electron chi connectivity index (χ2n) is 5.98. The molecule has 1 N–H and O–H groups in total. The number of likely N-dealkylation sites (N-methyl/N-ethyl adjacent to an activating group) is 2. The average Bonchev–Trinajstić information content (AvgIpc) is 2.35. The maximum Gasteiger partial charge on any atom is 0.0359 e. The minimum atomic E-state index is 0.393. The van der Waals surface area contributed by atoms with E-state index in [0.717, 1.165) is 12.5 Å². The first-order valence-electron chi connectivity index (χ1n) is 7.49. The molecular weight excluding hydrogens is 208 g/mol. The number of hydrogen-bond donors (Lipinski definition) is 1. The van der Waals surface area contributed by atoms with Crippen molar-refractivity contribution in [3.63, 3.8) is 0 Å². The van der Waals surface area contributed by atoms with E-state index in [1.807, 2.05) is 0 Å². The zero-order valence-electron chi connectivity index (χ0n) is 12.6. The summed E-state index contributed by atoms with van der Waals surface area (Å²) in [5.74, 6) is 0.760. The van der Waals surface area contributed by atoms with E-state index in [0.29, 0.717) is 11.6 Å². The van der Waals surface area contributed by atoms with Crippen LogP contribution in [0.2, 0.25) is 0 Å². The van der Waals surface area contributed by atoms with Crippen molar-refractivity contribution in [1.29, 1.82) is 0 Å². The molecular formula is C15H32N2. The second-order valence-corrected chi connectivity index (χ2v) is 5.98. The van der Waals surface area contributed by atoms with Gasteiger partial charge in [-0.3, -0.25) is 0 Å². The molecule has 1 fully saturated rings. The fourth-order valence-electron chi connectivity index (χ4n) is 3.58. The number of rotatable bonds is 6. The quantitative estimate of drug-likeness (QED) is 0.766. The molecule has 0 saturated heterocycles. The topological polar surface area (TPSA) is 15.3 Å². The third-order valence-corrected chi connectivity index (χ3v) is 4.83. The van der Waals surface area contributed by atoms with Crippen molar-refractivity contribution in [2.24, 2.45) is 5.92 Å². The fraction of sp³-hybridized carbons (Fsp3) is 1.00. The summed E-state index contributed by atoms with van der Waals surface area (Å²) in [5.41, 5.74) is 0.393. The molecule has 102 valence electrons. The van der Waals surface area contributed by atoms with Gasteiger partial charge in [-0.2, -0.15) is 0 Å². The van der Waals surface area contributed by atoms with Crippen molar-refractivity contribution in [2.45, 2.75) is 70.9 Å². The summed E-state index contributed by atoms with van der Waals surface area (Å²) < 4.78 is 0. The van der Waals surface area contributed by atoms with Crippen LogP contribution in [-0.2, 0) is 0 Å². The standard InChI is InChI=1S/C15H32N2/c1-6-13(3)14(16-7-2)15(17(4)5)11-9-8-10-12-15/h13-14,16H,6-12H2,1-5H3. The smallest absolute Gasteiger partial charge is 0.0359 e. The van der Waals surface area contributed by atoms with Gasteiger partial charge in [0.05, 0.1) is 0 Å². The van der Waals surface area contributed by atoms with Gasteiger partial charge in [-0.1, -0.05) is 46.5 Å². The molecule has 2 atom stereocenters. The predicted octanol–water partition coefficient (Wildman–Crippen LogP) is 3.28. The highest BCUT2D eigenvalue weighted by atomic mass is 15.2. The first-order chi connectivity index (χ1) is 8.08. The summed E-state index contributed by atoms with van der Waals surface area (Å²) in [6.45, 7) is 8.06. The van der Waals surface area contributed by atoms with Gasteiger partial charge in [-0.25, -0.2) is 0 Å². The largest absolute Gasteiger partial charge is 0.312 e. The van der Waals surface area contributed by atoms with E-state index in [1.54, 1.807) is 0 Å². The lowest BCUT2D eigenvalue weighted by atomic mass is 9.71. The van der Waals surface area contributed by atoms with Gasteiger partial charge in [0.15, 0.2) is 0 Å². The van der Waals surface area contributed by atoms with Gasteiger partial charge < -0.3 is 10.2 Å². The molecule has 2 nitrogen and oxygen atoms in total. The SMILES string of the molecule is CCNC(C(C)CC)C1(N(C)C)CCCCC1. The van der Waals surface area contributed by atoms with Crippen LogP contribution in [0.15, 0.2) is 0 Å². The van der Waals surface area contributed by atoms with Crippen LogP contribution in [0.4, 0.5) is 0 Å². The Morgan fingerprint density at radius 2 is 1.71 bits per heavy atom. The van der Waals surface area contributed by atoms with E-state index in [4.69, 9.17) is 0 Å². The van der Waals surface area contributed by atoms with Crippen LogP contribution >= 0.6 is 0 Å². The first-order valence-corrected chi connectivity index (χ1v) is 7.49. The molecule has 0 aromatic heterocycles. The van der Waals surface area contributed by atoms with Crippen LogP contribution < -0.4 is 5.32 Å². The highest BCUT2D eigenvalue weighted by molar-refractivity contribution is 5.02. The third kappa shape index (κ3) is 3.23. The Kier molecular flexibility index (Phi) is 5.94. The van der Waals surface area contributed by atoms with Gasteiger partial charge >= 0.3 is 0 Å². The monoisotopic (exact) mass is 240 g/mol. The van der Waals surface area contributed by atoms with Crippen molar-refractivity contribution in [3.05, 3.63) is 0 Å². The van der Waals surface area contributed by atoms with Gasteiger partial charge in [-0.15, -0.1) is 0 Å². The molecule has 17 heavy (non-hydrogen) atoms. The normalized spacial score (nSPS) is 23.6. The molecule has 0 radical (unpaired) electrons. The number of nitrogens with one attached hydrogen (secondary N) is 1. The summed E-state index contributed by atoms with van der Waals surface area (Å²) in [6, 6.07) is 0.646. The summed E-state index contributed by atoms with van der Waals surface area (Å²) in [5, 5.41) is 3.78. The molecule has 0 heterocycles. The molecule has 0 aromatic carbocycles. The summed E-state index contributed by atoms with van der Waals surface area (Å²) in [6.07, 6.45) is 8.22. The van der Waals surface area contributed by atoms with E-state index in [1.165, 1.54) is 38.5 Å². The van der Waals surface area contributed by atoms with Gasteiger partial charge in [0.1, 0.15) is 0 Å². The van der Waals surface area contributed by atoms with Crippen molar-refractivity contribution in [2.75, 3.05) is 20.6 Å². The molecule has 2 unspecified atom stereocenters. The predicted molar refractivity (Wildman–Crippen MR) is 76.4 cm³/mol. The van der Waals surface area contributed by atoms with Crippen LogP contribution in [-0.4, -0.2) is 37.1 Å². The summed E-state index contributed by atoms with van der Waals surface area (Å²) in [7, 11) is 4.55. The highest BCUT2D eigenvalue weighted by Crippen LogP contribution is 2.38. The maximum absolute atomic E-state index is 3.78. The summed E-state index contributed by atoms with van der Waals surface area (Å²) in [4.78, 5) is 2.51. The molecule has 1 aliphatic carbocycles. The van der Waals surface area contributed by atoms with E-state index in [-0.39, 0.29) is 0 Å². The van der Waals surface area contributed by atoms with Gasteiger partial charge in [0.25, 0.3) is 0 Å². The second kappa shape index (κ2) is 6.75. The molecule has 1 rings (SSSR count). The molecule has 1 saturated carbocycles. The molecule has 0 aliphatic heterocycles. The van der Waals surface area contributed by atoms with E-state index >= 15 is 0 Å². The lowest BCUT2D eigenvalue weighted by Crippen LogP contribution is -2.62. The Balaban J connectivity index is 2.90. The van der Waals surface area contributed by atoms with Crippen LogP contribution in [0.1, 0.15) is 59.3 Å². The Labute approximate surface area is 108 Å². The minimum absolute atomic E-state index is 0.393. The number of nitrogens with zero attached hydrogens (tertiary/aromatic N) is 1. The Bertz CT molecular complexity index is 207. The number of hydrogen-bond acceptors (Lipinski definition) is 2. The van der Waals surface area contributed by atoms with Crippen molar-refractivity contribution < 1.29 is 0 Å². The van der Waals surface area contributed by atoms with Crippen molar-refractivity contribution >= 4 is 0 Å². The van der Waals surface area contributed by atoms with E-state index < -0.39 is 0 Å². The fourth-order valence-corrected chi connectivity index (χ4v) is 3.58. The molecule has 0 bridgehead atoms. The Hall–Kier alpha value is -0.0800. The first kappa shape index (κ1) is 15.0. The molecule has 1 aliphatic rings. The van der Waals surface area contributed by atoms with Crippen LogP contribution in [0.5, 0.6) is 0 Å².